The smallest absolute Gasteiger partial charge is 0.375 e. The second-order valence-corrected chi connectivity index (χ2v) is 22.1. The standard InChI is InChI=1S/C56H47BN2O2S/c1-54(2,3)30-14-18-33(19-15-30)59-44-26-40-34-20-16-32(56(7,8)9)25-46(34)60-47(40)28-38(44)36-21-22-37-39-29-49-41(35-12-10-11-13-48(35)62-49)27-43(39)58-51(37)50(36)57(59)53-52(58)42-24-31(55(4,5)6)17-23-45(42)61-53/h10-29H,1-9H3. The first-order valence-electron chi connectivity index (χ1n) is 22.0. The fourth-order valence-electron chi connectivity index (χ4n) is 10.7. The molecule has 0 aliphatic carbocycles. The molecule has 302 valence electrons. The van der Waals surface area contributed by atoms with E-state index in [1.807, 2.05) is 11.3 Å². The normalized spacial score (nSPS) is 14.1. The molecule has 0 unspecified atom stereocenters. The first-order valence-corrected chi connectivity index (χ1v) is 22.8. The monoisotopic (exact) mass is 822 g/mol. The SMILES string of the molecule is CC(C)(C)c1ccc(N2B3c4oc5ccc(C(C)(C)C)cc5c4-n4c5cc6c(cc5c5ccc(c3c54)-c3cc4oc5cc(C(C)(C)C)ccc5c4cc32)sc2ccccc26)cc1. The van der Waals surface area contributed by atoms with Gasteiger partial charge in [-0.25, -0.2) is 0 Å². The van der Waals surface area contributed by atoms with Gasteiger partial charge in [-0.15, -0.1) is 11.3 Å². The molecule has 13 rings (SSSR count). The number of furan rings is 2. The highest BCUT2D eigenvalue weighted by molar-refractivity contribution is 7.25. The van der Waals surface area contributed by atoms with E-state index in [0.29, 0.717) is 0 Å². The molecule has 0 N–H and O–H groups in total. The van der Waals surface area contributed by atoms with E-state index < -0.39 is 0 Å². The summed E-state index contributed by atoms with van der Waals surface area (Å²) in [5.74, 6) is 0. The first-order chi connectivity index (χ1) is 29.6. The van der Waals surface area contributed by atoms with Crippen LogP contribution in [-0.2, 0) is 16.2 Å². The predicted molar refractivity (Wildman–Crippen MR) is 266 cm³/mol. The third-order valence-electron chi connectivity index (χ3n) is 14.0. The lowest BCUT2D eigenvalue weighted by molar-refractivity contribution is 0.587. The fraction of sp³-hybridized carbons (Fsp3) is 0.214. The molecule has 0 saturated carbocycles. The first kappa shape index (κ1) is 36.4. The van der Waals surface area contributed by atoms with E-state index in [1.165, 1.54) is 75.3 Å². The van der Waals surface area contributed by atoms with Crippen LogP contribution in [0.25, 0.3) is 91.7 Å². The Morgan fingerprint density at radius 1 is 0.484 bits per heavy atom. The van der Waals surface area contributed by atoms with Crippen LogP contribution in [0.3, 0.4) is 0 Å². The minimum Gasteiger partial charge on any atom is -0.466 e. The van der Waals surface area contributed by atoms with Crippen molar-refractivity contribution in [2.24, 2.45) is 0 Å². The maximum absolute atomic E-state index is 7.35. The molecular formula is C56H47BN2O2S. The van der Waals surface area contributed by atoms with E-state index in [2.05, 4.69) is 193 Å². The summed E-state index contributed by atoms with van der Waals surface area (Å²) in [6.07, 6.45) is 0. The van der Waals surface area contributed by atoms with Gasteiger partial charge in [-0.3, -0.25) is 0 Å². The molecule has 0 atom stereocenters. The molecule has 2 aliphatic rings. The Labute approximate surface area is 365 Å². The van der Waals surface area contributed by atoms with E-state index in [0.717, 1.165) is 55.6 Å². The zero-order chi connectivity index (χ0) is 42.4. The molecule has 62 heavy (non-hydrogen) atoms. The quantitative estimate of drug-likeness (QED) is 0.155. The molecule has 2 aliphatic heterocycles. The summed E-state index contributed by atoms with van der Waals surface area (Å²) < 4.78 is 19.4. The zero-order valence-corrected chi connectivity index (χ0v) is 37.6. The van der Waals surface area contributed by atoms with Gasteiger partial charge in [-0.1, -0.05) is 123 Å². The van der Waals surface area contributed by atoms with Gasteiger partial charge in [-0.2, -0.15) is 0 Å². The lowest BCUT2D eigenvalue weighted by Gasteiger charge is -2.40. The van der Waals surface area contributed by atoms with Crippen molar-refractivity contribution in [1.82, 2.24) is 4.57 Å². The maximum atomic E-state index is 7.35. The van der Waals surface area contributed by atoms with E-state index in [-0.39, 0.29) is 23.1 Å². The van der Waals surface area contributed by atoms with E-state index in [1.54, 1.807) is 0 Å². The Kier molecular flexibility index (Phi) is 6.94. The summed E-state index contributed by atoms with van der Waals surface area (Å²) >= 11 is 1.89. The zero-order valence-electron chi connectivity index (χ0n) is 36.7. The second kappa shape index (κ2) is 11.8. The minimum absolute atomic E-state index is 0.00775. The Hall–Kier alpha value is -6.24. The van der Waals surface area contributed by atoms with Crippen LogP contribution in [0.4, 0.5) is 11.4 Å². The third kappa shape index (κ3) is 4.85. The molecule has 4 aromatic heterocycles. The lowest BCUT2D eigenvalue weighted by atomic mass is 9.46. The molecule has 4 nitrogen and oxygen atoms in total. The molecule has 7 aromatic carbocycles. The molecule has 0 spiro atoms. The Morgan fingerprint density at radius 2 is 1.18 bits per heavy atom. The van der Waals surface area contributed by atoms with Crippen LogP contribution in [-0.4, -0.2) is 11.4 Å². The summed E-state index contributed by atoms with van der Waals surface area (Å²) in [6, 6.07) is 46.1. The van der Waals surface area contributed by atoms with Gasteiger partial charge in [0.15, 0.2) is 0 Å². The summed E-state index contributed by atoms with van der Waals surface area (Å²) in [4.78, 5) is 2.57. The number of hydrogen-bond acceptors (Lipinski definition) is 4. The van der Waals surface area contributed by atoms with Crippen molar-refractivity contribution in [2.45, 2.75) is 78.6 Å². The molecule has 0 saturated heterocycles. The average Bonchev–Trinajstić information content (AvgIpc) is 3.99. The number of benzene rings is 7. The largest absolute Gasteiger partial charge is 0.466 e. The fourth-order valence-corrected chi connectivity index (χ4v) is 11.8. The van der Waals surface area contributed by atoms with Crippen molar-refractivity contribution in [3.63, 3.8) is 0 Å². The molecule has 0 amide bonds. The van der Waals surface area contributed by atoms with Crippen molar-refractivity contribution >= 4 is 116 Å². The van der Waals surface area contributed by atoms with Crippen LogP contribution in [0, 0.1) is 0 Å². The number of thiophene rings is 1. The number of rotatable bonds is 1. The van der Waals surface area contributed by atoms with Crippen LogP contribution in [0.1, 0.15) is 79.0 Å². The molecule has 6 heterocycles. The Balaban J connectivity index is 1.19. The van der Waals surface area contributed by atoms with Crippen molar-refractivity contribution in [1.29, 1.82) is 0 Å². The number of aromatic nitrogens is 1. The minimum atomic E-state index is -0.232. The summed E-state index contributed by atoms with van der Waals surface area (Å²) in [7, 11) is 0. The molecular weight excluding hydrogens is 776 g/mol. The summed E-state index contributed by atoms with van der Waals surface area (Å²) in [5.41, 5.74) is 17.1. The number of hydrogen-bond donors (Lipinski definition) is 0. The number of anilines is 2. The summed E-state index contributed by atoms with van der Waals surface area (Å²) in [6.45, 7) is 20.3. The highest BCUT2D eigenvalue weighted by Gasteiger charge is 2.47. The topological polar surface area (TPSA) is 34.5 Å². The van der Waals surface area contributed by atoms with Gasteiger partial charge < -0.3 is 18.2 Å². The highest BCUT2D eigenvalue weighted by Crippen LogP contribution is 2.50. The van der Waals surface area contributed by atoms with Gasteiger partial charge in [0.1, 0.15) is 22.4 Å². The molecule has 0 fully saturated rings. The molecule has 0 radical (unpaired) electrons. The van der Waals surface area contributed by atoms with E-state index >= 15 is 0 Å². The molecule has 6 heteroatoms. The second-order valence-electron chi connectivity index (χ2n) is 21.0. The van der Waals surface area contributed by atoms with Gasteiger partial charge in [-0.05, 0) is 105 Å². The van der Waals surface area contributed by atoms with Crippen LogP contribution in [0.2, 0.25) is 0 Å². The van der Waals surface area contributed by atoms with Crippen molar-refractivity contribution in [2.75, 3.05) is 4.81 Å². The van der Waals surface area contributed by atoms with Crippen LogP contribution in [0.15, 0.2) is 130 Å². The Bertz CT molecular complexity index is 3760. The van der Waals surface area contributed by atoms with Gasteiger partial charge >= 0.3 is 6.85 Å². The lowest BCUT2D eigenvalue weighted by Crippen LogP contribution is -2.60. The Morgan fingerprint density at radius 3 is 1.95 bits per heavy atom. The van der Waals surface area contributed by atoms with Gasteiger partial charge in [0, 0.05) is 64.0 Å². The van der Waals surface area contributed by atoms with Crippen LogP contribution >= 0.6 is 11.3 Å². The van der Waals surface area contributed by atoms with Crippen molar-refractivity contribution < 1.29 is 8.83 Å². The predicted octanol–water partition coefficient (Wildman–Crippen LogP) is 14.9. The van der Waals surface area contributed by atoms with Crippen LogP contribution in [0.5, 0.6) is 0 Å². The number of nitrogens with zero attached hydrogens (tertiary/aromatic N) is 2. The molecule has 0 bridgehead atoms. The maximum Gasteiger partial charge on any atom is 0.375 e. The third-order valence-corrected chi connectivity index (χ3v) is 15.2. The van der Waals surface area contributed by atoms with Gasteiger partial charge in [0.2, 0.25) is 0 Å². The van der Waals surface area contributed by atoms with Gasteiger partial charge in [0.25, 0.3) is 0 Å². The average molecular weight is 823 g/mol. The van der Waals surface area contributed by atoms with Gasteiger partial charge in [0.05, 0.1) is 16.7 Å². The molecule has 11 aromatic rings. The van der Waals surface area contributed by atoms with Crippen LogP contribution < -0.4 is 15.9 Å². The van der Waals surface area contributed by atoms with E-state index in [9.17, 15) is 0 Å². The van der Waals surface area contributed by atoms with Crippen molar-refractivity contribution in [3.05, 3.63) is 138 Å². The highest BCUT2D eigenvalue weighted by atomic mass is 32.1. The van der Waals surface area contributed by atoms with E-state index in [4.69, 9.17) is 8.83 Å². The van der Waals surface area contributed by atoms with Crippen molar-refractivity contribution in [3.8, 4) is 16.8 Å². The number of fused-ring (bicyclic) bond motifs is 16. The summed E-state index contributed by atoms with van der Waals surface area (Å²) in [5, 5.41) is 8.54.